The highest BCUT2D eigenvalue weighted by molar-refractivity contribution is 5.74. The molecule has 1 aliphatic rings. The average molecular weight is 294 g/mol. The zero-order valence-electron chi connectivity index (χ0n) is 13.5. The van der Waals surface area contributed by atoms with Crippen LogP contribution in [-0.2, 0) is 4.74 Å². The first-order valence-electron chi connectivity index (χ1n) is 8.20. The molecule has 0 aromatic heterocycles. The minimum atomic E-state index is -0.0426. The second-order valence-electron chi connectivity index (χ2n) is 5.42. The minimum absolute atomic E-state index is 0.0426. The van der Waals surface area contributed by atoms with E-state index in [1.54, 1.807) is 0 Å². The van der Waals surface area contributed by atoms with Crippen LogP contribution in [0.4, 0.5) is 4.79 Å². The lowest BCUT2D eigenvalue weighted by atomic mass is 10.1. The lowest BCUT2D eigenvalue weighted by molar-refractivity contribution is 0.0801. The van der Waals surface area contributed by atoms with Crippen molar-refractivity contribution in [1.82, 2.24) is 10.6 Å². The van der Waals surface area contributed by atoms with Crippen molar-refractivity contribution in [3.63, 3.8) is 0 Å². The molecule has 0 spiro atoms. The van der Waals surface area contributed by atoms with E-state index >= 15 is 0 Å². The smallest absolute Gasteiger partial charge is 0.315 e. The van der Waals surface area contributed by atoms with Gasteiger partial charge in [-0.25, -0.2) is 4.79 Å². The van der Waals surface area contributed by atoms with Crippen LogP contribution < -0.4 is 10.6 Å². The summed E-state index contributed by atoms with van der Waals surface area (Å²) in [5.74, 6) is 0. The van der Waals surface area contributed by atoms with Gasteiger partial charge in [0.1, 0.15) is 0 Å². The molecule has 1 rings (SSSR count). The fourth-order valence-corrected chi connectivity index (χ4v) is 2.33. The normalized spacial score (nSPS) is 17.1. The van der Waals surface area contributed by atoms with E-state index in [2.05, 4.69) is 42.7 Å². The fraction of sp³-hybridized carbons (Fsp3) is 0.706. The number of nitrogens with one attached hydrogen (secondary N) is 2. The number of carbonyl (C=O) groups is 1. The Labute approximate surface area is 129 Å². The number of amides is 2. The Kier molecular flexibility index (Phi) is 9.62. The van der Waals surface area contributed by atoms with Crippen LogP contribution in [0.15, 0.2) is 23.8 Å². The van der Waals surface area contributed by atoms with Gasteiger partial charge in [-0.3, -0.25) is 0 Å². The van der Waals surface area contributed by atoms with E-state index in [4.69, 9.17) is 4.74 Å². The molecule has 2 amide bonds. The molecule has 1 heterocycles. The van der Waals surface area contributed by atoms with Gasteiger partial charge in [0.2, 0.25) is 0 Å². The quantitative estimate of drug-likeness (QED) is 0.531. The van der Waals surface area contributed by atoms with E-state index in [-0.39, 0.29) is 12.1 Å². The number of hydrogen-bond acceptors (Lipinski definition) is 2. The summed E-state index contributed by atoms with van der Waals surface area (Å²) in [5.41, 5.74) is 1.38. The van der Waals surface area contributed by atoms with Crippen LogP contribution in [0.2, 0.25) is 0 Å². The van der Waals surface area contributed by atoms with Gasteiger partial charge in [0, 0.05) is 25.8 Å². The van der Waals surface area contributed by atoms with E-state index in [0.29, 0.717) is 0 Å². The Bertz CT molecular complexity index is 345. The van der Waals surface area contributed by atoms with E-state index in [0.717, 1.165) is 58.3 Å². The van der Waals surface area contributed by atoms with E-state index < -0.39 is 0 Å². The molecule has 0 aliphatic carbocycles. The first-order valence-corrected chi connectivity index (χ1v) is 8.20. The summed E-state index contributed by atoms with van der Waals surface area (Å²) in [4.78, 5) is 11.7. The van der Waals surface area contributed by atoms with Gasteiger partial charge in [-0.15, -0.1) is 0 Å². The molecule has 1 saturated heterocycles. The van der Waals surface area contributed by atoms with Crippen LogP contribution in [0, 0.1) is 0 Å². The molecule has 0 bridgehead atoms. The van der Waals surface area contributed by atoms with Crippen molar-refractivity contribution in [3.05, 3.63) is 23.8 Å². The summed E-state index contributed by atoms with van der Waals surface area (Å²) in [5, 5.41) is 5.94. The van der Waals surface area contributed by atoms with Crippen LogP contribution in [0.3, 0.4) is 0 Å². The van der Waals surface area contributed by atoms with Crippen molar-refractivity contribution in [2.75, 3.05) is 19.8 Å². The maximum absolute atomic E-state index is 11.7. The topological polar surface area (TPSA) is 50.4 Å². The third-order valence-electron chi connectivity index (χ3n) is 3.67. The molecule has 4 heteroatoms. The Morgan fingerprint density at radius 2 is 2.05 bits per heavy atom. The van der Waals surface area contributed by atoms with Gasteiger partial charge in [0.25, 0.3) is 0 Å². The first-order chi connectivity index (χ1) is 10.3. The standard InChI is InChI=1S/C17H30N2O2/c1-3-5-8-15(4-2)9-6-7-12-18-17(20)19-16-10-13-21-14-11-16/h4-5,8,16H,3,6-7,9-14H2,1-2H3,(H2,18,19,20)/b8-5-,15-4+. The highest BCUT2D eigenvalue weighted by Crippen LogP contribution is 2.09. The Morgan fingerprint density at radius 1 is 1.29 bits per heavy atom. The molecule has 4 nitrogen and oxygen atoms in total. The van der Waals surface area contributed by atoms with E-state index in [1.165, 1.54) is 5.57 Å². The van der Waals surface area contributed by atoms with Crippen LogP contribution in [-0.4, -0.2) is 31.8 Å². The number of carbonyl (C=O) groups excluding carboxylic acids is 1. The van der Waals surface area contributed by atoms with Crippen molar-refractivity contribution < 1.29 is 9.53 Å². The van der Waals surface area contributed by atoms with Crippen LogP contribution in [0.25, 0.3) is 0 Å². The number of rotatable bonds is 8. The maximum atomic E-state index is 11.7. The highest BCUT2D eigenvalue weighted by Gasteiger charge is 2.15. The zero-order chi connectivity index (χ0) is 15.3. The molecule has 1 aliphatic heterocycles. The number of allylic oxidation sites excluding steroid dienone is 4. The molecule has 21 heavy (non-hydrogen) atoms. The maximum Gasteiger partial charge on any atom is 0.315 e. The lowest BCUT2D eigenvalue weighted by Crippen LogP contribution is -2.44. The molecule has 0 atom stereocenters. The largest absolute Gasteiger partial charge is 0.381 e. The predicted molar refractivity (Wildman–Crippen MR) is 87.4 cm³/mol. The summed E-state index contributed by atoms with van der Waals surface area (Å²) >= 11 is 0. The second kappa shape index (κ2) is 11.4. The minimum Gasteiger partial charge on any atom is -0.381 e. The van der Waals surface area contributed by atoms with Gasteiger partial charge in [0.05, 0.1) is 0 Å². The molecule has 0 aromatic carbocycles. The van der Waals surface area contributed by atoms with Gasteiger partial charge in [-0.2, -0.15) is 0 Å². The molecule has 120 valence electrons. The van der Waals surface area contributed by atoms with E-state index in [9.17, 15) is 4.79 Å². The van der Waals surface area contributed by atoms with E-state index in [1.807, 2.05) is 0 Å². The van der Waals surface area contributed by atoms with Crippen LogP contribution in [0.5, 0.6) is 0 Å². The van der Waals surface area contributed by atoms with Gasteiger partial charge in [0.15, 0.2) is 0 Å². The second-order valence-corrected chi connectivity index (χ2v) is 5.42. The van der Waals surface area contributed by atoms with Crippen LogP contribution >= 0.6 is 0 Å². The van der Waals surface area contributed by atoms with Crippen molar-refractivity contribution in [2.24, 2.45) is 0 Å². The van der Waals surface area contributed by atoms with Gasteiger partial charge in [-0.1, -0.05) is 30.7 Å². The molecule has 0 saturated carbocycles. The number of unbranched alkanes of at least 4 members (excludes halogenated alkanes) is 1. The SMILES string of the molecule is C/C=C(\C=C/CC)CCCCNC(=O)NC1CCOCC1. The molecule has 1 fully saturated rings. The Morgan fingerprint density at radius 3 is 2.71 bits per heavy atom. The summed E-state index contributed by atoms with van der Waals surface area (Å²) < 4.78 is 5.27. The van der Waals surface area contributed by atoms with Crippen molar-refractivity contribution >= 4 is 6.03 Å². The molecule has 2 N–H and O–H groups in total. The Balaban J connectivity index is 2.05. The lowest BCUT2D eigenvalue weighted by Gasteiger charge is -2.23. The summed E-state index contributed by atoms with van der Waals surface area (Å²) in [6, 6.07) is 0.228. The summed E-state index contributed by atoms with van der Waals surface area (Å²) in [6.45, 7) is 6.47. The van der Waals surface area contributed by atoms with Crippen molar-refractivity contribution in [1.29, 1.82) is 0 Å². The summed E-state index contributed by atoms with van der Waals surface area (Å²) in [7, 11) is 0. The molecule has 0 unspecified atom stereocenters. The van der Waals surface area contributed by atoms with Crippen LogP contribution in [0.1, 0.15) is 52.4 Å². The Hall–Kier alpha value is -1.29. The van der Waals surface area contributed by atoms with Gasteiger partial charge in [-0.05, 0) is 45.4 Å². The molecule has 0 radical (unpaired) electrons. The molecule has 0 aromatic rings. The van der Waals surface area contributed by atoms with Crippen molar-refractivity contribution in [3.8, 4) is 0 Å². The van der Waals surface area contributed by atoms with Crippen molar-refractivity contribution in [2.45, 2.75) is 58.4 Å². The van der Waals surface area contributed by atoms with Gasteiger partial charge >= 0.3 is 6.03 Å². The van der Waals surface area contributed by atoms with Gasteiger partial charge < -0.3 is 15.4 Å². The number of urea groups is 1. The first kappa shape index (κ1) is 17.8. The monoisotopic (exact) mass is 294 g/mol. The summed E-state index contributed by atoms with van der Waals surface area (Å²) in [6.07, 6.45) is 12.7. The highest BCUT2D eigenvalue weighted by atomic mass is 16.5. The zero-order valence-corrected chi connectivity index (χ0v) is 13.5. The number of hydrogen-bond donors (Lipinski definition) is 2. The average Bonchev–Trinajstić information content (AvgIpc) is 2.51. The molecular formula is C17H30N2O2. The third kappa shape index (κ3) is 8.56. The number of ether oxygens (including phenoxy) is 1. The third-order valence-corrected chi connectivity index (χ3v) is 3.67. The molecular weight excluding hydrogens is 264 g/mol. The predicted octanol–water partition coefficient (Wildman–Crippen LogP) is 3.55. The fourth-order valence-electron chi connectivity index (χ4n) is 2.33.